The van der Waals surface area contributed by atoms with Gasteiger partial charge in [0.15, 0.2) is 5.78 Å². The number of rotatable bonds is 3. The molecule has 0 radical (unpaired) electrons. The van der Waals surface area contributed by atoms with Gasteiger partial charge in [0.05, 0.1) is 20.6 Å². The van der Waals surface area contributed by atoms with E-state index in [1.54, 1.807) is 6.92 Å². The predicted molar refractivity (Wildman–Crippen MR) is 44.9 cm³/mol. The van der Waals surface area contributed by atoms with Gasteiger partial charge in [-0.3, -0.25) is 4.79 Å². The van der Waals surface area contributed by atoms with Crippen LogP contribution in [0.3, 0.4) is 0 Å². The van der Waals surface area contributed by atoms with E-state index in [0.29, 0.717) is 6.54 Å². The first-order chi connectivity index (χ1) is 3.98. The molecule has 2 heteroatoms. The topological polar surface area (TPSA) is 17.1 Å². The van der Waals surface area contributed by atoms with Crippen LogP contribution in [0.4, 0.5) is 0 Å². The lowest BCUT2D eigenvalue weighted by atomic mass is 10.3. The van der Waals surface area contributed by atoms with Gasteiger partial charge in [-0.1, -0.05) is 7.43 Å². The quantitative estimate of drug-likeness (QED) is 0.549. The Morgan fingerprint density at radius 1 is 1.40 bits per heavy atom. The Balaban J connectivity index is 0. The molecule has 0 spiro atoms. The summed E-state index contributed by atoms with van der Waals surface area (Å²) in [5, 5.41) is 0. The van der Waals surface area contributed by atoms with E-state index >= 15 is 0 Å². The standard InChI is InChI=1S/C7H16NO.CH4/c1-5-8(3,4)6-7(2)9;/h5-6H2,1-4H3;1H4/q+1;. The average molecular weight is 146 g/mol. The third-order valence-electron chi connectivity index (χ3n) is 1.51. The Kier molecular flexibility index (Phi) is 5.48. The molecule has 0 amide bonds. The van der Waals surface area contributed by atoms with E-state index in [9.17, 15) is 4.79 Å². The Morgan fingerprint density at radius 3 is 1.90 bits per heavy atom. The first-order valence-corrected chi connectivity index (χ1v) is 3.29. The summed E-state index contributed by atoms with van der Waals surface area (Å²) in [5.74, 6) is 0.266. The van der Waals surface area contributed by atoms with Crippen molar-refractivity contribution in [1.82, 2.24) is 0 Å². The summed E-state index contributed by atoms with van der Waals surface area (Å²) < 4.78 is 0.801. The third kappa shape index (κ3) is 5.76. The number of ketones is 1. The predicted octanol–water partition coefficient (Wildman–Crippen LogP) is 1.31. The number of hydrogen-bond acceptors (Lipinski definition) is 1. The van der Waals surface area contributed by atoms with Gasteiger partial charge >= 0.3 is 0 Å². The van der Waals surface area contributed by atoms with Crippen LogP contribution in [0.2, 0.25) is 0 Å². The molecule has 10 heavy (non-hydrogen) atoms. The molecule has 0 fully saturated rings. The summed E-state index contributed by atoms with van der Waals surface area (Å²) in [6.45, 7) is 5.38. The van der Waals surface area contributed by atoms with Gasteiger partial charge in [0.1, 0.15) is 6.54 Å². The van der Waals surface area contributed by atoms with Gasteiger partial charge in [-0.05, 0) is 6.92 Å². The highest BCUT2D eigenvalue weighted by atomic mass is 16.1. The Bertz CT molecular complexity index is 108. The van der Waals surface area contributed by atoms with Crippen molar-refractivity contribution in [2.75, 3.05) is 27.2 Å². The molecule has 0 aromatic heterocycles. The van der Waals surface area contributed by atoms with E-state index in [4.69, 9.17) is 0 Å². The van der Waals surface area contributed by atoms with Crippen molar-refractivity contribution in [3.05, 3.63) is 0 Å². The number of likely N-dealkylation sites (N-methyl/N-ethyl adjacent to an activating group) is 1. The first kappa shape index (κ1) is 12.3. The molecule has 0 aliphatic carbocycles. The van der Waals surface area contributed by atoms with E-state index < -0.39 is 0 Å². The fraction of sp³-hybridized carbons (Fsp3) is 0.875. The van der Waals surface area contributed by atoms with Gasteiger partial charge in [-0.15, -0.1) is 0 Å². The lowest BCUT2D eigenvalue weighted by molar-refractivity contribution is -0.880. The Labute approximate surface area is 64.4 Å². The minimum absolute atomic E-state index is 0. The maximum absolute atomic E-state index is 10.6. The van der Waals surface area contributed by atoms with E-state index in [-0.39, 0.29) is 13.2 Å². The summed E-state index contributed by atoms with van der Waals surface area (Å²) in [6, 6.07) is 0. The zero-order valence-electron chi connectivity index (χ0n) is 6.77. The fourth-order valence-electron chi connectivity index (χ4n) is 0.715. The molecule has 0 rings (SSSR count). The van der Waals surface area contributed by atoms with Gasteiger partial charge in [-0.2, -0.15) is 0 Å². The monoisotopic (exact) mass is 146 g/mol. The molecule has 0 atom stereocenters. The fourth-order valence-corrected chi connectivity index (χ4v) is 0.715. The molecule has 0 bridgehead atoms. The van der Waals surface area contributed by atoms with E-state index in [1.807, 2.05) is 0 Å². The first-order valence-electron chi connectivity index (χ1n) is 3.29. The molecule has 0 aromatic rings. The SMILES string of the molecule is C.CC[N+](C)(C)CC(C)=O. The normalized spacial score (nSPS) is 10.4. The molecule has 0 unspecified atom stereocenters. The van der Waals surface area contributed by atoms with Crippen molar-refractivity contribution < 1.29 is 9.28 Å². The maximum atomic E-state index is 10.6. The van der Waals surface area contributed by atoms with Crippen LogP contribution in [0.25, 0.3) is 0 Å². The molecule has 0 heterocycles. The Morgan fingerprint density at radius 2 is 1.80 bits per heavy atom. The minimum atomic E-state index is 0. The van der Waals surface area contributed by atoms with Crippen LogP contribution in [-0.4, -0.2) is 37.5 Å². The number of carbonyl (C=O) groups excluding carboxylic acids is 1. The number of carbonyl (C=O) groups is 1. The summed E-state index contributed by atoms with van der Waals surface area (Å²) in [4.78, 5) is 10.6. The Hall–Kier alpha value is -0.370. The van der Waals surface area contributed by atoms with Gasteiger partial charge in [0, 0.05) is 6.92 Å². The zero-order valence-corrected chi connectivity index (χ0v) is 6.77. The lowest BCUT2D eigenvalue weighted by Gasteiger charge is -2.26. The van der Waals surface area contributed by atoms with Crippen molar-refractivity contribution in [1.29, 1.82) is 0 Å². The third-order valence-corrected chi connectivity index (χ3v) is 1.51. The zero-order chi connectivity index (χ0) is 7.49. The smallest absolute Gasteiger partial charge is 0.183 e. The molecular formula is C8H20NO+. The molecule has 0 aliphatic heterocycles. The van der Waals surface area contributed by atoms with Crippen molar-refractivity contribution in [2.45, 2.75) is 21.3 Å². The highest BCUT2D eigenvalue weighted by molar-refractivity contribution is 5.76. The molecule has 2 nitrogen and oxygen atoms in total. The van der Waals surface area contributed by atoms with Crippen molar-refractivity contribution >= 4 is 5.78 Å². The van der Waals surface area contributed by atoms with Gasteiger partial charge < -0.3 is 4.48 Å². The molecule has 0 saturated carbocycles. The molecule has 0 aliphatic rings. The summed E-state index contributed by atoms with van der Waals surface area (Å²) in [7, 11) is 4.11. The van der Waals surface area contributed by atoms with E-state index in [2.05, 4.69) is 21.0 Å². The van der Waals surface area contributed by atoms with Crippen molar-refractivity contribution in [3.63, 3.8) is 0 Å². The highest BCUT2D eigenvalue weighted by Gasteiger charge is 2.13. The van der Waals surface area contributed by atoms with Crippen LogP contribution < -0.4 is 0 Å². The largest absolute Gasteiger partial charge is 0.323 e. The lowest BCUT2D eigenvalue weighted by Crippen LogP contribution is -2.42. The van der Waals surface area contributed by atoms with Crippen LogP contribution in [0.5, 0.6) is 0 Å². The number of hydrogen-bond donors (Lipinski definition) is 0. The second kappa shape index (κ2) is 4.45. The van der Waals surface area contributed by atoms with Crippen LogP contribution in [-0.2, 0) is 4.79 Å². The number of quaternary nitrogens is 1. The molecular weight excluding hydrogens is 126 g/mol. The second-order valence-electron chi connectivity index (χ2n) is 3.11. The average Bonchev–Trinajstić information content (AvgIpc) is 1.63. The molecule has 62 valence electrons. The number of Topliss-reactive ketones (excluding diaryl/α,β-unsaturated/α-hetero) is 1. The van der Waals surface area contributed by atoms with Crippen molar-refractivity contribution in [2.24, 2.45) is 0 Å². The second-order valence-corrected chi connectivity index (χ2v) is 3.11. The molecule has 0 N–H and O–H groups in total. The minimum Gasteiger partial charge on any atom is -0.323 e. The molecule has 0 saturated heterocycles. The molecule has 0 aromatic carbocycles. The maximum Gasteiger partial charge on any atom is 0.183 e. The van der Waals surface area contributed by atoms with Gasteiger partial charge in [0.25, 0.3) is 0 Å². The van der Waals surface area contributed by atoms with E-state index in [0.717, 1.165) is 11.0 Å². The van der Waals surface area contributed by atoms with Gasteiger partial charge in [0.2, 0.25) is 0 Å². The van der Waals surface area contributed by atoms with E-state index in [1.165, 1.54) is 0 Å². The number of nitrogens with zero attached hydrogens (tertiary/aromatic N) is 1. The van der Waals surface area contributed by atoms with Crippen LogP contribution in [0, 0.1) is 0 Å². The summed E-state index contributed by atoms with van der Waals surface area (Å²) in [5.41, 5.74) is 0. The highest BCUT2D eigenvalue weighted by Crippen LogP contribution is 1.94. The van der Waals surface area contributed by atoms with Crippen LogP contribution >= 0.6 is 0 Å². The van der Waals surface area contributed by atoms with Crippen LogP contribution in [0.1, 0.15) is 21.3 Å². The van der Waals surface area contributed by atoms with Gasteiger partial charge in [-0.25, -0.2) is 0 Å². The van der Waals surface area contributed by atoms with Crippen LogP contribution in [0.15, 0.2) is 0 Å². The van der Waals surface area contributed by atoms with Crippen molar-refractivity contribution in [3.8, 4) is 0 Å². The summed E-state index contributed by atoms with van der Waals surface area (Å²) in [6.07, 6.45) is 0. The summed E-state index contributed by atoms with van der Waals surface area (Å²) >= 11 is 0.